The summed E-state index contributed by atoms with van der Waals surface area (Å²) in [6.45, 7) is 7.52. The van der Waals surface area contributed by atoms with E-state index >= 15 is 0 Å². The lowest BCUT2D eigenvalue weighted by atomic mass is 9.98. The molecular formula is C15H24F3N5O. The number of hydrogen-bond acceptors (Lipinski definition) is 4. The lowest BCUT2D eigenvalue weighted by Crippen LogP contribution is -2.61. The molecule has 24 heavy (non-hydrogen) atoms. The third-order valence-corrected chi connectivity index (χ3v) is 4.28. The third kappa shape index (κ3) is 4.70. The van der Waals surface area contributed by atoms with Crippen molar-refractivity contribution in [3.8, 4) is 0 Å². The summed E-state index contributed by atoms with van der Waals surface area (Å²) in [6.07, 6.45) is -4.20. The molecule has 0 atom stereocenters. The summed E-state index contributed by atoms with van der Waals surface area (Å²) < 4.78 is 37.7. The zero-order valence-electron chi connectivity index (χ0n) is 14.4. The highest BCUT2D eigenvalue weighted by Crippen LogP contribution is 2.25. The molecule has 6 nitrogen and oxygen atoms in total. The second-order valence-corrected chi connectivity index (χ2v) is 6.92. The number of anilines is 1. The molecular weight excluding hydrogens is 323 g/mol. The summed E-state index contributed by atoms with van der Waals surface area (Å²) in [6, 6.07) is 0. The molecule has 2 N–H and O–H groups in total. The SMILES string of the molecule is Cc1n[nH]c(C)c1NC(=O)CN1CCN(CC(F)(F)F)CC1(C)C. The number of nitrogens with zero attached hydrogens (tertiary/aromatic N) is 3. The molecule has 1 aromatic rings. The van der Waals surface area contributed by atoms with Gasteiger partial charge in [0.15, 0.2) is 0 Å². The summed E-state index contributed by atoms with van der Waals surface area (Å²) in [7, 11) is 0. The molecule has 136 valence electrons. The first-order valence-corrected chi connectivity index (χ1v) is 7.83. The van der Waals surface area contributed by atoms with Gasteiger partial charge in [0.1, 0.15) is 0 Å². The van der Waals surface area contributed by atoms with Crippen LogP contribution in [-0.4, -0.2) is 70.3 Å². The van der Waals surface area contributed by atoms with Gasteiger partial charge in [-0.2, -0.15) is 18.3 Å². The van der Waals surface area contributed by atoms with Gasteiger partial charge in [-0.1, -0.05) is 0 Å². The smallest absolute Gasteiger partial charge is 0.322 e. The molecule has 1 fully saturated rings. The van der Waals surface area contributed by atoms with Crippen molar-refractivity contribution in [3.63, 3.8) is 0 Å². The molecule has 0 spiro atoms. The summed E-state index contributed by atoms with van der Waals surface area (Å²) in [5.74, 6) is -0.194. The van der Waals surface area contributed by atoms with E-state index in [0.29, 0.717) is 24.5 Å². The highest BCUT2D eigenvalue weighted by Gasteiger charge is 2.39. The molecule has 1 amide bonds. The van der Waals surface area contributed by atoms with Crippen LogP contribution in [0.2, 0.25) is 0 Å². The van der Waals surface area contributed by atoms with Crippen LogP contribution in [0.3, 0.4) is 0 Å². The largest absolute Gasteiger partial charge is 0.401 e. The first-order valence-electron chi connectivity index (χ1n) is 7.83. The van der Waals surface area contributed by atoms with E-state index in [-0.39, 0.29) is 19.0 Å². The van der Waals surface area contributed by atoms with Gasteiger partial charge in [0.05, 0.1) is 30.2 Å². The van der Waals surface area contributed by atoms with E-state index in [1.807, 2.05) is 25.7 Å². The van der Waals surface area contributed by atoms with Crippen molar-refractivity contribution in [2.75, 3.05) is 38.0 Å². The van der Waals surface area contributed by atoms with E-state index in [1.165, 1.54) is 4.90 Å². The van der Waals surface area contributed by atoms with Gasteiger partial charge < -0.3 is 5.32 Å². The quantitative estimate of drug-likeness (QED) is 0.874. The highest BCUT2D eigenvalue weighted by molar-refractivity contribution is 5.93. The zero-order valence-corrected chi connectivity index (χ0v) is 14.4. The number of nitrogens with one attached hydrogen (secondary N) is 2. The number of alkyl halides is 3. The second-order valence-electron chi connectivity index (χ2n) is 6.92. The molecule has 9 heteroatoms. The fraction of sp³-hybridized carbons (Fsp3) is 0.733. The monoisotopic (exact) mass is 347 g/mol. The predicted octanol–water partition coefficient (Wildman–Crippen LogP) is 1.92. The van der Waals surface area contributed by atoms with Crippen LogP contribution in [-0.2, 0) is 4.79 Å². The lowest BCUT2D eigenvalue weighted by Gasteiger charge is -2.47. The topological polar surface area (TPSA) is 64.3 Å². The molecule has 1 aliphatic heterocycles. The summed E-state index contributed by atoms with van der Waals surface area (Å²) in [5.41, 5.74) is 1.63. The standard InChI is InChI=1S/C15H24F3N5O/c1-10-13(11(2)21-20-10)19-12(24)7-23-6-5-22(8-14(23,3)4)9-15(16,17)18/h5-9H2,1-4H3,(H,19,24)(H,20,21). The maximum absolute atomic E-state index is 12.6. The van der Waals surface area contributed by atoms with Crippen molar-refractivity contribution in [3.05, 3.63) is 11.4 Å². The number of halogens is 3. The molecule has 1 aromatic heterocycles. The van der Waals surface area contributed by atoms with Crippen LogP contribution in [0.25, 0.3) is 0 Å². The van der Waals surface area contributed by atoms with E-state index in [4.69, 9.17) is 0 Å². The van der Waals surface area contributed by atoms with Crippen molar-refractivity contribution in [2.24, 2.45) is 0 Å². The molecule has 1 saturated heterocycles. The Morgan fingerprint density at radius 2 is 2.00 bits per heavy atom. The number of carbonyl (C=O) groups is 1. The van der Waals surface area contributed by atoms with Crippen molar-refractivity contribution in [1.82, 2.24) is 20.0 Å². The van der Waals surface area contributed by atoms with Crippen LogP contribution in [0.5, 0.6) is 0 Å². The van der Waals surface area contributed by atoms with Crippen molar-refractivity contribution in [2.45, 2.75) is 39.4 Å². The summed E-state index contributed by atoms with van der Waals surface area (Å²) in [5, 5.41) is 9.65. The number of carbonyl (C=O) groups excluding carboxylic acids is 1. The van der Waals surface area contributed by atoms with E-state index in [0.717, 1.165) is 5.69 Å². The van der Waals surface area contributed by atoms with E-state index in [1.54, 1.807) is 6.92 Å². The van der Waals surface area contributed by atoms with E-state index < -0.39 is 18.3 Å². The summed E-state index contributed by atoms with van der Waals surface area (Å²) >= 11 is 0. The average Bonchev–Trinajstić information content (AvgIpc) is 2.71. The van der Waals surface area contributed by atoms with Crippen LogP contribution in [0, 0.1) is 13.8 Å². The Hall–Kier alpha value is -1.61. The first kappa shape index (κ1) is 18.7. The van der Waals surface area contributed by atoms with Crippen molar-refractivity contribution >= 4 is 11.6 Å². The Morgan fingerprint density at radius 1 is 1.33 bits per heavy atom. The molecule has 2 heterocycles. The van der Waals surface area contributed by atoms with Gasteiger partial charge in [-0.25, -0.2) is 0 Å². The number of rotatable bonds is 4. The number of amides is 1. The molecule has 0 aliphatic carbocycles. The van der Waals surface area contributed by atoms with Crippen molar-refractivity contribution < 1.29 is 18.0 Å². The van der Waals surface area contributed by atoms with Gasteiger partial charge in [0.25, 0.3) is 0 Å². The Morgan fingerprint density at radius 3 is 2.50 bits per heavy atom. The number of piperazine rings is 1. The highest BCUT2D eigenvalue weighted by atomic mass is 19.4. The minimum absolute atomic E-state index is 0.136. The number of aryl methyl sites for hydroxylation is 2. The van der Waals surface area contributed by atoms with Gasteiger partial charge in [-0.3, -0.25) is 19.7 Å². The van der Waals surface area contributed by atoms with E-state index in [9.17, 15) is 18.0 Å². The van der Waals surface area contributed by atoms with Crippen LogP contribution in [0.4, 0.5) is 18.9 Å². The molecule has 0 radical (unpaired) electrons. The van der Waals surface area contributed by atoms with Crippen molar-refractivity contribution in [1.29, 1.82) is 0 Å². The first-order chi connectivity index (χ1) is 11.0. The molecule has 0 unspecified atom stereocenters. The number of aromatic nitrogens is 2. The average molecular weight is 347 g/mol. The number of hydrogen-bond donors (Lipinski definition) is 2. The van der Waals surface area contributed by atoms with E-state index in [2.05, 4.69) is 15.5 Å². The van der Waals surface area contributed by atoms with Gasteiger partial charge in [-0.15, -0.1) is 0 Å². The zero-order chi connectivity index (χ0) is 18.1. The lowest BCUT2D eigenvalue weighted by molar-refractivity contribution is -0.156. The minimum Gasteiger partial charge on any atom is -0.322 e. The minimum atomic E-state index is -4.20. The van der Waals surface area contributed by atoms with Gasteiger partial charge in [-0.05, 0) is 27.7 Å². The molecule has 0 aromatic carbocycles. The van der Waals surface area contributed by atoms with Crippen LogP contribution in [0.15, 0.2) is 0 Å². The predicted molar refractivity (Wildman–Crippen MR) is 84.8 cm³/mol. The Labute approximate surface area is 139 Å². The second kappa shape index (κ2) is 6.72. The number of aromatic amines is 1. The van der Waals surface area contributed by atoms with Crippen LogP contribution >= 0.6 is 0 Å². The fourth-order valence-electron chi connectivity index (χ4n) is 3.06. The molecule has 0 bridgehead atoms. The fourth-order valence-corrected chi connectivity index (χ4v) is 3.06. The van der Waals surface area contributed by atoms with Gasteiger partial charge in [0, 0.05) is 25.2 Å². The molecule has 0 saturated carbocycles. The Bertz CT molecular complexity index is 577. The Kier molecular flexibility index (Phi) is 5.24. The van der Waals surface area contributed by atoms with Crippen LogP contribution in [0.1, 0.15) is 25.2 Å². The maximum atomic E-state index is 12.6. The summed E-state index contributed by atoms with van der Waals surface area (Å²) in [4.78, 5) is 15.6. The van der Waals surface area contributed by atoms with Gasteiger partial charge in [0.2, 0.25) is 5.91 Å². The molecule has 2 rings (SSSR count). The number of H-pyrrole nitrogens is 1. The normalized spacial score (nSPS) is 19.5. The Balaban J connectivity index is 1.94. The van der Waals surface area contributed by atoms with Gasteiger partial charge >= 0.3 is 6.18 Å². The van der Waals surface area contributed by atoms with Crippen LogP contribution < -0.4 is 5.32 Å². The third-order valence-electron chi connectivity index (χ3n) is 4.28. The molecule has 1 aliphatic rings. The maximum Gasteiger partial charge on any atom is 0.401 e.